The monoisotopic (exact) mass is 432 g/mol. The van der Waals surface area contributed by atoms with Crippen LogP contribution in [0.3, 0.4) is 0 Å². The molecule has 30 heavy (non-hydrogen) atoms. The van der Waals surface area contributed by atoms with Gasteiger partial charge in [-0.05, 0) is 41.5 Å². The van der Waals surface area contributed by atoms with Crippen molar-refractivity contribution in [1.82, 2.24) is 9.80 Å². The molecule has 0 atom stereocenters. The number of hydrogen-bond acceptors (Lipinski definition) is 8. The van der Waals surface area contributed by atoms with Crippen molar-refractivity contribution in [2.45, 2.75) is 65.0 Å². The Balaban J connectivity index is 0.000000300. The van der Waals surface area contributed by atoms with Gasteiger partial charge < -0.3 is 38.6 Å². The standard InChI is InChI=1S/C10H19NO4.C10H17NO4/c2*1-10(2,3)15-9(13)11-6-8(7-11)14-5-4-12/h8,12H,4-7H2,1-3H3;4,8H,5-7H2,1-3H3. The van der Waals surface area contributed by atoms with E-state index in [9.17, 15) is 14.4 Å². The predicted molar refractivity (Wildman–Crippen MR) is 108 cm³/mol. The van der Waals surface area contributed by atoms with E-state index in [1.807, 2.05) is 41.5 Å². The van der Waals surface area contributed by atoms with Crippen LogP contribution in [-0.4, -0.2) is 103 Å². The van der Waals surface area contributed by atoms with E-state index in [4.69, 9.17) is 24.1 Å². The second kappa shape index (κ2) is 11.5. The second-order valence-electron chi connectivity index (χ2n) is 9.11. The molecular weight excluding hydrogens is 396 g/mol. The number of hydrogen-bond donors (Lipinski definition) is 1. The van der Waals surface area contributed by atoms with Crippen LogP contribution in [-0.2, 0) is 23.7 Å². The van der Waals surface area contributed by atoms with Crippen molar-refractivity contribution in [3.8, 4) is 0 Å². The number of likely N-dealkylation sites (tertiary alicyclic amines) is 2. The normalized spacial score (nSPS) is 17.3. The summed E-state index contributed by atoms with van der Waals surface area (Å²) in [5.74, 6) is 0. The average Bonchev–Trinajstić information content (AvgIpc) is 2.49. The minimum Gasteiger partial charge on any atom is -0.444 e. The van der Waals surface area contributed by atoms with Gasteiger partial charge in [0.2, 0.25) is 0 Å². The number of rotatable bonds is 6. The highest BCUT2D eigenvalue weighted by molar-refractivity contribution is 5.69. The highest BCUT2D eigenvalue weighted by atomic mass is 16.6. The number of amides is 2. The zero-order valence-corrected chi connectivity index (χ0v) is 18.9. The number of carbonyl (C=O) groups is 3. The summed E-state index contributed by atoms with van der Waals surface area (Å²) in [6.45, 7) is 13.5. The zero-order valence-electron chi connectivity index (χ0n) is 18.9. The van der Waals surface area contributed by atoms with E-state index < -0.39 is 11.2 Å². The van der Waals surface area contributed by atoms with Gasteiger partial charge in [-0.15, -0.1) is 0 Å². The van der Waals surface area contributed by atoms with Gasteiger partial charge in [0.1, 0.15) is 24.1 Å². The largest absolute Gasteiger partial charge is 0.444 e. The van der Waals surface area contributed by atoms with Crippen molar-refractivity contribution >= 4 is 18.5 Å². The van der Waals surface area contributed by atoms with Crippen molar-refractivity contribution < 1.29 is 38.4 Å². The first-order valence-electron chi connectivity index (χ1n) is 10.1. The SMILES string of the molecule is CC(C)(C)OC(=O)N1CC(OCC=O)C1.CC(C)(C)OC(=O)N1CC(OCCO)C1. The topological polar surface area (TPSA) is 115 Å². The van der Waals surface area contributed by atoms with Crippen molar-refractivity contribution in [1.29, 1.82) is 0 Å². The molecule has 0 unspecified atom stereocenters. The molecule has 10 nitrogen and oxygen atoms in total. The number of nitrogens with zero attached hydrogens (tertiary/aromatic N) is 2. The van der Waals surface area contributed by atoms with Crippen LogP contribution >= 0.6 is 0 Å². The Kier molecular flexibility index (Phi) is 9.99. The zero-order chi connectivity index (χ0) is 22.9. The number of aliphatic hydroxyl groups excluding tert-OH is 1. The molecular formula is C20H36N2O8. The van der Waals surface area contributed by atoms with E-state index in [2.05, 4.69) is 0 Å². The third kappa shape index (κ3) is 10.2. The molecule has 1 N–H and O–H groups in total. The van der Waals surface area contributed by atoms with Gasteiger partial charge in [-0.25, -0.2) is 9.59 Å². The highest BCUT2D eigenvalue weighted by Gasteiger charge is 2.35. The smallest absolute Gasteiger partial charge is 0.410 e. The van der Waals surface area contributed by atoms with Crippen molar-refractivity contribution in [2.24, 2.45) is 0 Å². The average molecular weight is 433 g/mol. The molecule has 2 saturated heterocycles. The van der Waals surface area contributed by atoms with Gasteiger partial charge in [0.15, 0.2) is 0 Å². The fraction of sp³-hybridized carbons (Fsp3) is 0.850. The molecule has 0 radical (unpaired) electrons. The van der Waals surface area contributed by atoms with Crippen LogP contribution in [0.15, 0.2) is 0 Å². The maximum Gasteiger partial charge on any atom is 0.410 e. The van der Waals surface area contributed by atoms with Gasteiger partial charge in [-0.3, -0.25) is 0 Å². The molecule has 0 spiro atoms. The number of aldehydes is 1. The van der Waals surface area contributed by atoms with Gasteiger partial charge in [-0.2, -0.15) is 0 Å². The van der Waals surface area contributed by atoms with Crippen LogP contribution in [0.5, 0.6) is 0 Å². The van der Waals surface area contributed by atoms with Crippen LogP contribution in [0.4, 0.5) is 9.59 Å². The van der Waals surface area contributed by atoms with E-state index >= 15 is 0 Å². The molecule has 2 heterocycles. The fourth-order valence-electron chi connectivity index (χ4n) is 2.43. The minimum absolute atomic E-state index is 0.0168. The third-order valence-corrected chi connectivity index (χ3v) is 3.84. The maximum absolute atomic E-state index is 11.5. The van der Waals surface area contributed by atoms with Crippen LogP contribution in [0.1, 0.15) is 41.5 Å². The Morgan fingerprint density at radius 1 is 0.867 bits per heavy atom. The molecule has 2 fully saturated rings. The van der Waals surface area contributed by atoms with Gasteiger partial charge in [0.05, 0.1) is 51.6 Å². The maximum atomic E-state index is 11.5. The molecule has 174 valence electrons. The third-order valence-electron chi connectivity index (χ3n) is 3.84. The fourth-order valence-corrected chi connectivity index (χ4v) is 2.43. The Hall–Kier alpha value is -1.91. The predicted octanol–water partition coefficient (Wildman–Crippen LogP) is 1.44. The molecule has 2 aliphatic heterocycles. The quantitative estimate of drug-likeness (QED) is 0.627. The van der Waals surface area contributed by atoms with Gasteiger partial charge >= 0.3 is 12.2 Å². The molecule has 2 amide bonds. The summed E-state index contributed by atoms with van der Waals surface area (Å²) in [6.07, 6.45) is 0.100. The lowest BCUT2D eigenvalue weighted by Crippen LogP contribution is -2.56. The summed E-state index contributed by atoms with van der Waals surface area (Å²) in [7, 11) is 0. The van der Waals surface area contributed by atoms with Gasteiger partial charge in [0, 0.05) is 0 Å². The molecule has 0 bridgehead atoms. The Labute approximate surface area is 178 Å². The van der Waals surface area contributed by atoms with Gasteiger partial charge in [-0.1, -0.05) is 0 Å². The van der Waals surface area contributed by atoms with E-state index in [-0.39, 0.29) is 37.6 Å². The van der Waals surface area contributed by atoms with E-state index in [0.717, 1.165) is 0 Å². The first kappa shape index (κ1) is 26.1. The number of carbonyl (C=O) groups excluding carboxylic acids is 3. The first-order chi connectivity index (χ1) is 13.8. The molecule has 0 aliphatic carbocycles. The molecule has 10 heteroatoms. The Morgan fingerprint density at radius 3 is 1.60 bits per heavy atom. The molecule has 0 saturated carbocycles. The summed E-state index contributed by atoms with van der Waals surface area (Å²) in [4.78, 5) is 36.1. The number of aliphatic hydroxyl groups is 1. The van der Waals surface area contributed by atoms with E-state index in [1.165, 1.54) is 0 Å². The molecule has 2 rings (SSSR count). The number of ether oxygens (including phenoxy) is 4. The lowest BCUT2D eigenvalue weighted by atomic mass is 10.2. The molecule has 0 aromatic rings. The second-order valence-corrected chi connectivity index (χ2v) is 9.11. The van der Waals surface area contributed by atoms with Crippen LogP contribution in [0, 0.1) is 0 Å². The van der Waals surface area contributed by atoms with Gasteiger partial charge in [0.25, 0.3) is 0 Å². The highest BCUT2D eigenvalue weighted by Crippen LogP contribution is 2.17. The lowest BCUT2D eigenvalue weighted by molar-refractivity contribution is -0.118. The molecule has 0 aromatic heterocycles. The summed E-state index contributed by atoms with van der Waals surface area (Å²) >= 11 is 0. The van der Waals surface area contributed by atoms with Crippen LogP contribution in [0.2, 0.25) is 0 Å². The lowest BCUT2D eigenvalue weighted by Gasteiger charge is -2.39. The van der Waals surface area contributed by atoms with Crippen molar-refractivity contribution in [3.63, 3.8) is 0 Å². The Bertz CT molecular complexity index is 558. The van der Waals surface area contributed by atoms with Crippen molar-refractivity contribution in [2.75, 3.05) is 46.0 Å². The Morgan fingerprint density at radius 2 is 1.27 bits per heavy atom. The van der Waals surface area contributed by atoms with E-state index in [0.29, 0.717) is 39.1 Å². The summed E-state index contributed by atoms with van der Waals surface area (Å²) in [5, 5.41) is 8.53. The molecule has 0 aromatic carbocycles. The summed E-state index contributed by atoms with van der Waals surface area (Å²) in [6, 6.07) is 0. The summed E-state index contributed by atoms with van der Waals surface area (Å²) in [5.41, 5.74) is -0.917. The summed E-state index contributed by atoms with van der Waals surface area (Å²) < 4.78 is 20.7. The minimum atomic E-state index is -0.466. The van der Waals surface area contributed by atoms with E-state index in [1.54, 1.807) is 9.80 Å². The van der Waals surface area contributed by atoms with Crippen LogP contribution in [0.25, 0.3) is 0 Å². The first-order valence-corrected chi connectivity index (χ1v) is 10.1. The molecule has 2 aliphatic rings. The van der Waals surface area contributed by atoms with Crippen LogP contribution < -0.4 is 0 Å². The van der Waals surface area contributed by atoms with Crippen molar-refractivity contribution in [3.05, 3.63) is 0 Å².